The molecule has 0 saturated carbocycles. The van der Waals surface area contributed by atoms with Crippen molar-refractivity contribution in [2.45, 2.75) is 33.1 Å². The van der Waals surface area contributed by atoms with E-state index in [-0.39, 0.29) is 23.9 Å². The number of anilines is 3. The summed E-state index contributed by atoms with van der Waals surface area (Å²) in [4.78, 5) is 22.9. The summed E-state index contributed by atoms with van der Waals surface area (Å²) < 4.78 is 45.4. The zero-order valence-electron chi connectivity index (χ0n) is 20.1. The first-order valence-corrected chi connectivity index (χ1v) is 11.6. The van der Waals surface area contributed by atoms with Gasteiger partial charge in [-0.15, -0.1) is 0 Å². The van der Waals surface area contributed by atoms with Crippen LogP contribution in [0.15, 0.2) is 42.5 Å². The molecule has 3 N–H and O–H groups in total. The summed E-state index contributed by atoms with van der Waals surface area (Å²) in [5.41, 5.74) is 0.430. The van der Waals surface area contributed by atoms with Crippen LogP contribution < -0.4 is 10.6 Å². The molecule has 9 nitrogen and oxygen atoms in total. The van der Waals surface area contributed by atoms with Gasteiger partial charge in [0.05, 0.1) is 0 Å². The fraction of sp³-hybridized carbons (Fsp3) is 0.333. The lowest BCUT2D eigenvalue weighted by atomic mass is 10.1. The Bertz CT molecular complexity index is 1350. The minimum atomic E-state index is -3.61. The van der Waals surface area contributed by atoms with Crippen molar-refractivity contribution in [3.05, 3.63) is 65.4 Å². The fourth-order valence-electron chi connectivity index (χ4n) is 3.73. The first-order valence-electron chi connectivity index (χ1n) is 11.6. The molecule has 0 atom stereocenters. The number of hydrogen-bond acceptors (Lipinski definition) is 6. The lowest BCUT2D eigenvalue weighted by Crippen LogP contribution is -2.27. The molecule has 0 unspecified atom stereocenters. The van der Waals surface area contributed by atoms with E-state index < -0.39 is 23.1 Å². The van der Waals surface area contributed by atoms with Gasteiger partial charge < -0.3 is 15.5 Å². The Morgan fingerprint density at radius 1 is 1.11 bits per heavy atom. The number of hydrogen-bond donors (Lipinski definition) is 3. The molecule has 0 fully saturated rings. The number of carbonyl (C=O) groups excluding carboxylic acids is 1. The van der Waals surface area contributed by atoms with Gasteiger partial charge in [0.25, 0.3) is 0 Å². The van der Waals surface area contributed by atoms with Gasteiger partial charge >= 0.3 is 5.92 Å². The Morgan fingerprint density at radius 2 is 1.83 bits per heavy atom. The maximum Gasteiger partial charge on any atom is 0.331 e. The van der Waals surface area contributed by atoms with Crippen molar-refractivity contribution < 1.29 is 18.0 Å². The van der Waals surface area contributed by atoms with E-state index in [1.165, 1.54) is 10.5 Å². The van der Waals surface area contributed by atoms with Crippen LogP contribution in [-0.4, -0.2) is 55.0 Å². The van der Waals surface area contributed by atoms with Crippen LogP contribution in [0.3, 0.4) is 0 Å². The first kappa shape index (κ1) is 25.2. The summed E-state index contributed by atoms with van der Waals surface area (Å²) in [5.74, 6) is -4.61. The Kier molecular flexibility index (Phi) is 7.25. The summed E-state index contributed by atoms with van der Waals surface area (Å²) in [6.07, 6.45) is 0.262. The van der Waals surface area contributed by atoms with Gasteiger partial charge in [-0.2, -0.15) is 18.9 Å². The molecule has 36 heavy (non-hydrogen) atoms. The highest BCUT2D eigenvalue weighted by Crippen LogP contribution is 2.35. The molecule has 190 valence electrons. The smallest absolute Gasteiger partial charge is 0.312 e. The number of halogens is 3. The summed E-state index contributed by atoms with van der Waals surface area (Å²) in [6, 6.07) is 8.65. The second-order valence-corrected chi connectivity index (χ2v) is 8.25. The van der Waals surface area contributed by atoms with Gasteiger partial charge in [0.15, 0.2) is 5.82 Å². The molecule has 0 aliphatic heterocycles. The molecule has 1 amide bonds. The van der Waals surface area contributed by atoms with E-state index in [4.69, 9.17) is 0 Å². The highest BCUT2D eigenvalue weighted by atomic mass is 19.3. The Hall–Kier alpha value is -3.93. The SMILES string of the molecule is CCN(CC)CCC(=O)Nc1ccc2nc(C(F)(F)c3ccc(F)cc3)nc(Nc3cc(C)[nH]n3)n12. The number of H-pyrrole nitrogens is 1. The van der Waals surface area contributed by atoms with Crippen molar-refractivity contribution in [1.29, 1.82) is 0 Å². The van der Waals surface area contributed by atoms with Crippen LogP contribution in [-0.2, 0) is 10.7 Å². The topological polar surface area (TPSA) is 103 Å². The number of rotatable bonds is 10. The van der Waals surface area contributed by atoms with Gasteiger partial charge in [-0.3, -0.25) is 9.89 Å². The number of benzene rings is 1. The van der Waals surface area contributed by atoms with Crippen molar-refractivity contribution in [3.8, 4) is 0 Å². The van der Waals surface area contributed by atoms with Gasteiger partial charge in [0.1, 0.15) is 17.3 Å². The highest BCUT2D eigenvalue weighted by molar-refractivity contribution is 5.91. The largest absolute Gasteiger partial charge is 0.331 e. The second-order valence-electron chi connectivity index (χ2n) is 8.25. The normalized spacial score (nSPS) is 11.9. The standard InChI is InChI=1S/C24H27F3N8O/c1-4-34(5-2)13-12-21(36)29-19-10-11-20-30-22(24(26,27)16-6-8-17(25)9-7-16)31-23(35(19)20)28-18-14-15(3)32-33-18/h6-11,14H,4-5,12-13H2,1-3H3,(H,29,36)(H2,28,30,31,32,33). The average Bonchev–Trinajstić information content (AvgIpc) is 3.45. The molecule has 0 saturated heterocycles. The average molecular weight is 501 g/mol. The second kappa shape index (κ2) is 10.4. The van der Waals surface area contributed by atoms with E-state index in [0.717, 1.165) is 43.0 Å². The zero-order valence-corrected chi connectivity index (χ0v) is 20.1. The molecular formula is C24H27F3N8O. The van der Waals surface area contributed by atoms with Crippen molar-refractivity contribution in [1.82, 2.24) is 29.5 Å². The van der Waals surface area contributed by atoms with Gasteiger partial charge in [-0.05, 0) is 56.4 Å². The van der Waals surface area contributed by atoms with Crippen LogP contribution in [0.2, 0.25) is 0 Å². The predicted octanol–water partition coefficient (Wildman–Crippen LogP) is 4.45. The number of carbonyl (C=O) groups is 1. The Labute approximate surface area is 205 Å². The highest BCUT2D eigenvalue weighted by Gasteiger charge is 2.38. The number of amides is 1. The van der Waals surface area contributed by atoms with Crippen LogP contribution in [0.25, 0.3) is 5.65 Å². The zero-order chi connectivity index (χ0) is 25.9. The van der Waals surface area contributed by atoms with E-state index in [1.54, 1.807) is 19.1 Å². The Balaban J connectivity index is 1.72. The molecule has 0 bridgehead atoms. The van der Waals surface area contributed by atoms with Crippen LogP contribution >= 0.6 is 0 Å². The van der Waals surface area contributed by atoms with Crippen LogP contribution in [0.5, 0.6) is 0 Å². The maximum atomic E-state index is 15.4. The monoisotopic (exact) mass is 500 g/mol. The quantitative estimate of drug-likeness (QED) is 0.297. The van der Waals surface area contributed by atoms with Gasteiger partial charge in [0, 0.05) is 30.3 Å². The molecule has 0 aliphatic rings. The van der Waals surface area contributed by atoms with Crippen LogP contribution in [0.4, 0.5) is 30.8 Å². The van der Waals surface area contributed by atoms with E-state index in [9.17, 15) is 9.18 Å². The van der Waals surface area contributed by atoms with Crippen molar-refractivity contribution in [2.24, 2.45) is 0 Å². The number of nitrogens with one attached hydrogen (secondary N) is 3. The van der Waals surface area contributed by atoms with Gasteiger partial charge in [-0.1, -0.05) is 13.8 Å². The van der Waals surface area contributed by atoms with E-state index in [1.807, 2.05) is 13.8 Å². The summed E-state index contributed by atoms with van der Waals surface area (Å²) in [7, 11) is 0. The molecule has 0 radical (unpaired) electrons. The molecule has 0 aliphatic carbocycles. The minimum absolute atomic E-state index is 0.0210. The minimum Gasteiger partial charge on any atom is -0.312 e. The lowest BCUT2D eigenvalue weighted by molar-refractivity contribution is -0.116. The molecule has 4 aromatic rings. The molecule has 0 spiro atoms. The number of aromatic nitrogens is 5. The van der Waals surface area contributed by atoms with Gasteiger partial charge in [0.2, 0.25) is 17.7 Å². The summed E-state index contributed by atoms with van der Waals surface area (Å²) >= 11 is 0. The van der Waals surface area contributed by atoms with E-state index >= 15 is 8.78 Å². The molecule has 1 aromatic carbocycles. The van der Waals surface area contributed by atoms with Crippen molar-refractivity contribution >= 4 is 29.1 Å². The third-order valence-electron chi connectivity index (χ3n) is 5.75. The van der Waals surface area contributed by atoms with Crippen molar-refractivity contribution in [3.63, 3.8) is 0 Å². The predicted molar refractivity (Wildman–Crippen MR) is 130 cm³/mol. The van der Waals surface area contributed by atoms with E-state index in [2.05, 4.69) is 35.7 Å². The molecule has 12 heteroatoms. The number of nitrogens with zero attached hydrogens (tertiary/aromatic N) is 5. The Morgan fingerprint density at radius 3 is 2.47 bits per heavy atom. The lowest BCUT2D eigenvalue weighted by Gasteiger charge is -2.18. The van der Waals surface area contributed by atoms with Crippen molar-refractivity contribution in [2.75, 3.05) is 30.3 Å². The first-order chi connectivity index (χ1) is 17.2. The summed E-state index contributed by atoms with van der Waals surface area (Å²) in [6.45, 7) is 8.08. The number of aromatic amines is 1. The third-order valence-corrected chi connectivity index (χ3v) is 5.75. The van der Waals surface area contributed by atoms with Crippen LogP contribution in [0, 0.1) is 12.7 Å². The molecular weight excluding hydrogens is 473 g/mol. The summed E-state index contributed by atoms with van der Waals surface area (Å²) in [5, 5.41) is 12.6. The molecule has 3 aromatic heterocycles. The number of alkyl halides is 2. The molecule has 4 rings (SSSR count). The van der Waals surface area contributed by atoms with Gasteiger partial charge in [-0.25, -0.2) is 13.8 Å². The molecule has 3 heterocycles. The maximum absolute atomic E-state index is 15.4. The van der Waals surface area contributed by atoms with Crippen LogP contribution in [0.1, 0.15) is 37.4 Å². The van der Waals surface area contributed by atoms with E-state index in [0.29, 0.717) is 18.2 Å². The third kappa shape index (κ3) is 5.33. The number of fused-ring (bicyclic) bond motifs is 1. The fourth-order valence-corrected chi connectivity index (χ4v) is 3.73. The number of aryl methyl sites for hydroxylation is 1.